The molecule has 2 aromatic rings. The van der Waals surface area contributed by atoms with Crippen LogP contribution in [-0.4, -0.2) is 56.7 Å². The number of halogens is 2. The molecule has 6 nitrogen and oxygen atoms in total. The smallest absolute Gasteiger partial charge is 0.272 e. The second kappa shape index (κ2) is 11.0. The van der Waals surface area contributed by atoms with Gasteiger partial charge in [-0.3, -0.25) is 4.79 Å². The number of benzene rings is 1. The van der Waals surface area contributed by atoms with Crippen LogP contribution in [0.15, 0.2) is 52.4 Å². The minimum atomic E-state index is -0.193. The Labute approximate surface area is 188 Å². The summed E-state index contributed by atoms with van der Waals surface area (Å²) < 4.78 is 0. The Morgan fingerprint density at radius 1 is 1.03 bits per heavy atom. The summed E-state index contributed by atoms with van der Waals surface area (Å²) in [7, 11) is 0. The van der Waals surface area contributed by atoms with Crippen molar-refractivity contribution in [3.05, 3.63) is 42.6 Å². The average molecular weight is 456 g/mol. The van der Waals surface area contributed by atoms with Crippen LogP contribution in [0.25, 0.3) is 0 Å². The minimum Gasteiger partial charge on any atom is -1.00 e. The molecule has 158 valence electrons. The summed E-state index contributed by atoms with van der Waals surface area (Å²) in [6.07, 6.45) is 3.00. The van der Waals surface area contributed by atoms with Gasteiger partial charge in [0, 0.05) is 24.1 Å². The number of hydrogen-bond acceptors (Lipinski definition) is 4. The maximum absolute atomic E-state index is 11.1. The van der Waals surface area contributed by atoms with Gasteiger partial charge in [0.05, 0.1) is 17.1 Å². The summed E-state index contributed by atoms with van der Waals surface area (Å²) in [6.45, 7) is 6.89. The quantitative estimate of drug-likeness (QED) is 0.405. The van der Waals surface area contributed by atoms with Crippen LogP contribution in [0.5, 0.6) is 0 Å². The molecule has 2 aliphatic rings. The molecule has 0 aliphatic carbocycles. The van der Waals surface area contributed by atoms with Gasteiger partial charge in [-0.05, 0) is 24.3 Å². The molecule has 1 aromatic heterocycles. The molecule has 0 atom stereocenters. The molecular weight excluding hydrogens is 429 g/mol. The number of rotatable bonds is 6. The molecule has 0 bridgehead atoms. The van der Waals surface area contributed by atoms with Gasteiger partial charge in [0.25, 0.3) is 5.91 Å². The fraction of sp³-hybridized carbons (Fsp3) is 0.400. The number of fused-ring (bicyclic) bond motifs is 2. The van der Waals surface area contributed by atoms with Crippen LogP contribution in [0, 0.1) is 0 Å². The van der Waals surface area contributed by atoms with E-state index < -0.39 is 0 Å². The van der Waals surface area contributed by atoms with Crippen LogP contribution in [0.4, 0.5) is 11.5 Å². The van der Waals surface area contributed by atoms with Crippen molar-refractivity contribution in [2.75, 3.05) is 50.7 Å². The summed E-state index contributed by atoms with van der Waals surface area (Å²) in [5.41, 5.74) is 6.58. The van der Waals surface area contributed by atoms with Gasteiger partial charge in [0.2, 0.25) is 0 Å². The lowest BCUT2D eigenvalue weighted by Gasteiger charge is -2.32. The van der Waals surface area contributed by atoms with Gasteiger partial charge in [-0.2, -0.15) is 0 Å². The van der Waals surface area contributed by atoms with Crippen molar-refractivity contribution in [1.82, 2.24) is 4.98 Å². The van der Waals surface area contributed by atoms with Gasteiger partial charge >= 0.3 is 0 Å². The minimum absolute atomic E-state index is 0. The van der Waals surface area contributed by atoms with E-state index in [1.54, 1.807) is 16.7 Å². The van der Waals surface area contributed by atoms with Gasteiger partial charge in [-0.15, -0.1) is 0 Å². The number of nitrogens with zero attached hydrogens (tertiary/aromatic N) is 2. The first-order chi connectivity index (χ1) is 13.2. The standard InChI is InChI=1S/C20H25N5OS.2ClH/c21-19(26)15-24-13-11-23(12-14-24)9-4-10-25-16-5-1-2-6-17(16)27-18-7-3-8-22-20(18)25;;/h1-3,5-8H,4,9-15H2,(H2,21,26);2*1H. The predicted octanol–water partition coefficient (Wildman–Crippen LogP) is -6.65. The van der Waals surface area contributed by atoms with E-state index in [4.69, 9.17) is 5.73 Å². The number of aromatic nitrogens is 1. The van der Waals surface area contributed by atoms with Crippen molar-refractivity contribution in [2.45, 2.75) is 16.2 Å². The van der Waals surface area contributed by atoms with Gasteiger partial charge in [0.1, 0.15) is 32.0 Å². The van der Waals surface area contributed by atoms with Crippen molar-refractivity contribution < 1.29 is 39.4 Å². The fourth-order valence-electron chi connectivity index (χ4n) is 4.01. The predicted molar refractivity (Wildman–Crippen MR) is 107 cm³/mol. The average Bonchev–Trinajstić information content (AvgIpc) is 2.68. The van der Waals surface area contributed by atoms with E-state index in [9.17, 15) is 4.79 Å². The Hall–Kier alpha value is -1.51. The van der Waals surface area contributed by atoms with Gasteiger partial charge in [-0.1, -0.05) is 23.9 Å². The third kappa shape index (κ3) is 5.77. The summed E-state index contributed by atoms with van der Waals surface area (Å²) in [5, 5.41) is 0. The van der Waals surface area contributed by atoms with Crippen LogP contribution in [0.2, 0.25) is 0 Å². The highest BCUT2D eigenvalue weighted by atomic mass is 35.5. The third-order valence-electron chi connectivity index (χ3n) is 5.38. The molecule has 1 fully saturated rings. The molecule has 1 saturated heterocycles. The van der Waals surface area contributed by atoms with Gasteiger partial charge < -0.3 is 45.2 Å². The van der Waals surface area contributed by atoms with E-state index >= 15 is 0 Å². The van der Waals surface area contributed by atoms with E-state index in [1.165, 1.54) is 20.4 Å². The molecule has 4 rings (SSSR count). The Morgan fingerprint density at radius 3 is 2.48 bits per heavy atom. The topological polar surface area (TPSA) is 68.1 Å². The number of quaternary nitrogens is 2. The van der Waals surface area contributed by atoms with Gasteiger partial charge in [0.15, 0.2) is 6.54 Å². The SMILES string of the molecule is NC(=O)C[NH+]1CC[NH+](CCCN2c3ccccc3Sc3cccnc32)CC1.[Cl-].[Cl-]. The number of anilines is 2. The Kier molecular flexibility index (Phi) is 9.04. The lowest BCUT2D eigenvalue weighted by atomic mass is 10.2. The highest BCUT2D eigenvalue weighted by Gasteiger charge is 2.26. The molecule has 1 aromatic carbocycles. The first kappa shape index (κ1) is 23.8. The Morgan fingerprint density at radius 2 is 1.72 bits per heavy atom. The lowest BCUT2D eigenvalue weighted by molar-refractivity contribution is -1.01. The zero-order valence-electron chi connectivity index (χ0n) is 16.2. The number of carbonyl (C=O) groups excluding carboxylic acids is 1. The second-order valence-electron chi connectivity index (χ2n) is 7.29. The number of pyridine rings is 1. The molecule has 4 N–H and O–H groups in total. The van der Waals surface area contributed by atoms with E-state index in [1.807, 2.05) is 12.3 Å². The summed E-state index contributed by atoms with van der Waals surface area (Å²) in [4.78, 5) is 23.6. The van der Waals surface area contributed by atoms with Crippen molar-refractivity contribution in [3.8, 4) is 0 Å². The van der Waals surface area contributed by atoms with Crippen LogP contribution in [-0.2, 0) is 4.79 Å². The highest BCUT2D eigenvalue weighted by Crippen LogP contribution is 2.46. The second-order valence-corrected chi connectivity index (χ2v) is 8.38. The molecule has 3 heterocycles. The summed E-state index contributed by atoms with van der Waals surface area (Å²) in [5.74, 6) is 0.883. The number of para-hydroxylation sites is 1. The van der Waals surface area contributed by atoms with Crippen LogP contribution >= 0.6 is 11.8 Å². The number of piperazine rings is 1. The summed E-state index contributed by atoms with van der Waals surface area (Å²) >= 11 is 1.80. The molecule has 9 heteroatoms. The first-order valence-electron chi connectivity index (χ1n) is 9.65. The van der Waals surface area contributed by atoms with Gasteiger partial charge in [-0.25, -0.2) is 4.98 Å². The van der Waals surface area contributed by atoms with Crippen molar-refractivity contribution in [3.63, 3.8) is 0 Å². The number of nitrogens with one attached hydrogen (secondary N) is 2. The largest absolute Gasteiger partial charge is 1.00 e. The Bertz CT molecular complexity index is 771. The third-order valence-corrected chi connectivity index (χ3v) is 6.49. The van der Waals surface area contributed by atoms with E-state index in [0.717, 1.165) is 51.5 Å². The lowest BCUT2D eigenvalue weighted by Crippen LogP contribution is -3.28. The zero-order chi connectivity index (χ0) is 18.6. The number of hydrogen-bond donors (Lipinski definition) is 3. The molecule has 0 unspecified atom stereocenters. The monoisotopic (exact) mass is 455 g/mol. The Balaban J connectivity index is 0.00000150. The van der Waals surface area contributed by atoms with Crippen LogP contribution in [0.3, 0.4) is 0 Å². The molecular formula is C20H27Cl2N5OS. The molecule has 0 spiro atoms. The van der Waals surface area contributed by atoms with E-state index in [2.05, 4.69) is 40.2 Å². The fourth-order valence-corrected chi connectivity index (χ4v) is 5.07. The molecule has 1 amide bonds. The molecule has 2 aliphatic heterocycles. The zero-order valence-corrected chi connectivity index (χ0v) is 18.6. The molecule has 29 heavy (non-hydrogen) atoms. The van der Waals surface area contributed by atoms with Crippen molar-refractivity contribution >= 4 is 29.2 Å². The number of nitrogens with two attached hydrogens (primary N) is 1. The molecule has 0 saturated carbocycles. The maximum Gasteiger partial charge on any atom is 0.272 e. The van der Waals surface area contributed by atoms with Crippen molar-refractivity contribution in [2.24, 2.45) is 5.73 Å². The normalized spacial score (nSPS) is 19.9. The number of amides is 1. The number of carbonyl (C=O) groups is 1. The van der Waals surface area contributed by atoms with Crippen molar-refractivity contribution in [1.29, 1.82) is 0 Å². The maximum atomic E-state index is 11.1. The van der Waals surface area contributed by atoms with Crippen LogP contribution in [0.1, 0.15) is 6.42 Å². The highest BCUT2D eigenvalue weighted by molar-refractivity contribution is 7.99. The summed E-state index contributed by atoms with van der Waals surface area (Å²) in [6, 6.07) is 12.8. The van der Waals surface area contributed by atoms with E-state index in [0.29, 0.717) is 6.54 Å². The number of primary amides is 1. The molecule has 0 radical (unpaired) electrons. The van der Waals surface area contributed by atoms with E-state index in [-0.39, 0.29) is 30.7 Å². The first-order valence-corrected chi connectivity index (χ1v) is 10.5. The van der Waals surface area contributed by atoms with Crippen LogP contribution < -0.4 is 45.2 Å².